The second kappa shape index (κ2) is 13.9. The van der Waals surface area contributed by atoms with Crippen molar-refractivity contribution in [3.63, 3.8) is 0 Å². The summed E-state index contributed by atoms with van der Waals surface area (Å²) in [6.45, 7) is 3.36. The number of benzene rings is 2. The molecule has 3 rings (SSSR count). The van der Waals surface area contributed by atoms with Gasteiger partial charge in [-0.3, -0.25) is 19.8 Å². The van der Waals surface area contributed by atoms with Crippen molar-refractivity contribution in [1.82, 2.24) is 26.0 Å². The van der Waals surface area contributed by atoms with Crippen molar-refractivity contribution in [3.8, 4) is 11.1 Å². The molecule has 2 atom stereocenters. The predicted octanol–water partition coefficient (Wildman–Crippen LogP) is 2.51. The van der Waals surface area contributed by atoms with Crippen molar-refractivity contribution in [2.75, 3.05) is 13.1 Å². The smallest absolute Gasteiger partial charge is 0.341 e. The zero-order valence-corrected chi connectivity index (χ0v) is 21.4. The molecule has 2 aromatic carbocycles. The summed E-state index contributed by atoms with van der Waals surface area (Å²) < 4.78 is 0. The summed E-state index contributed by atoms with van der Waals surface area (Å²) >= 11 is 0. The van der Waals surface area contributed by atoms with Crippen LogP contribution in [0.1, 0.15) is 35.3 Å². The first-order chi connectivity index (χ1) is 18.3. The van der Waals surface area contributed by atoms with Gasteiger partial charge in [0.25, 0.3) is 5.91 Å². The Bertz CT molecular complexity index is 1200. The molecule has 0 aliphatic heterocycles. The third-order valence-electron chi connectivity index (χ3n) is 5.92. The van der Waals surface area contributed by atoms with Crippen LogP contribution in [0.15, 0.2) is 73.1 Å². The Morgan fingerprint density at radius 2 is 1.61 bits per heavy atom. The lowest BCUT2D eigenvalue weighted by Gasteiger charge is -2.22. The maximum Gasteiger partial charge on any atom is 0.341 e. The van der Waals surface area contributed by atoms with Crippen LogP contribution in [0.2, 0.25) is 0 Å². The van der Waals surface area contributed by atoms with E-state index < -0.39 is 30.0 Å². The highest BCUT2D eigenvalue weighted by Crippen LogP contribution is 2.20. The van der Waals surface area contributed by atoms with Gasteiger partial charge in [-0.15, -0.1) is 0 Å². The second-order valence-electron chi connectivity index (χ2n) is 8.75. The maximum absolute atomic E-state index is 12.7. The Hall–Kier alpha value is -4.28. The molecule has 0 unspecified atom stereocenters. The number of pyridine rings is 1. The fraction of sp³-hybridized carbons (Fsp3) is 0.286. The minimum absolute atomic E-state index is 0.0970. The van der Waals surface area contributed by atoms with E-state index >= 15 is 0 Å². The number of hydrogen-bond donors (Lipinski definition) is 5. The summed E-state index contributed by atoms with van der Waals surface area (Å²) in [5.41, 5.74) is 4.32. The summed E-state index contributed by atoms with van der Waals surface area (Å²) in [5.74, 6) is -1.16. The average Bonchev–Trinajstić information content (AvgIpc) is 2.94. The van der Waals surface area contributed by atoms with Gasteiger partial charge >= 0.3 is 6.03 Å². The molecule has 0 aliphatic rings. The number of aliphatic hydroxyl groups excluding tert-OH is 1. The lowest BCUT2D eigenvalue weighted by molar-refractivity contribution is -0.125. The standard InChI is InChI=1S/C28H33N5O5/c1-3-20-6-8-22(9-7-20)23-10-12-24(13-11-23)26(35)32-25(19(2)34)27(36)30-15-16-33(38)28(37)31-18-21-5-4-14-29-17-21/h4-14,17,19,25,34,38H,3,15-16,18H2,1-2H3,(H,30,36)(H,31,37)(H,32,35)/t19-,25+/m1/s1. The van der Waals surface area contributed by atoms with Crippen LogP contribution in [0.5, 0.6) is 0 Å². The number of hydrogen-bond acceptors (Lipinski definition) is 6. The highest BCUT2D eigenvalue weighted by Gasteiger charge is 2.26. The molecular formula is C28H33N5O5. The lowest BCUT2D eigenvalue weighted by atomic mass is 10.0. The van der Waals surface area contributed by atoms with Gasteiger partial charge in [-0.25, -0.2) is 9.86 Å². The number of hydroxylamine groups is 2. The normalized spacial score (nSPS) is 12.2. The number of nitrogens with one attached hydrogen (secondary N) is 3. The number of nitrogens with zero attached hydrogens (tertiary/aromatic N) is 2. The molecule has 10 nitrogen and oxygen atoms in total. The van der Waals surface area contributed by atoms with E-state index in [0.29, 0.717) is 10.6 Å². The molecule has 0 bridgehead atoms. The van der Waals surface area contributed by atoms with Gasteiger partial charge in [0.15, 0.2) is 0 Å². The number of carbonyl (C=O) groups is 3. The second-order valence-corrected chi connectivity index (χ2v) is 8.75. The number of aromatic nitrogens is 1. The molecule has 38 heavy (non-hydrogen) atoms. The van der Waals surface area contributed by atoms with E-state index in [0.717, 1.165) is 23.1 Å². The quantitative estimate of drug-likeness (QED) is 0.195. The SMILES string of the molecule is CCc1ccc(-c2ccc(C(=O)N[C@H](C(=O)NCCN(O)C(=O)NCc3cccnc3)[C@@H](C)O)cc2)cc1. The summed E-state index contributed by atoms with van der Waals surface area (Å²) in [5, 5.41) is 28.0. The van der Waals surface area contributed by atoms with Crippen molar-refractivity contribution >= 4 is 17.8 Å². The van der Waals surface area contributed by atoms with Gasteiger partial charge in [-0.2, -0.15) is 0 Å². The first kappa shape index (κ1) is 28.3. The first-order valence-corrected chi connectivity index (χ1v) is 12.4. The van der Waals surface area contributed by atoms with Crippen molar-refractivity contribution in [2.45, 2.75) is 39.0 Å². The summed E-state index contributed by atoms with van der Waals surface area (Å²) in [6, 6.07) is 16.7. The monoisotopic (exact) mass is 519 g/mol. The van der Waals surface area contributed by atoms with Crippen LogP contribution in [0.3, 0.4) is 0 Å². The lowest BCUT2D eigenvalue weighted by Crippen LogP contribution is -2.53. The summed E-state index contributed by atoms with van der Waals surface area (Å²) in [6.07, 6.45) is 2.98. The minimum Gasteiger partial charge on any atom is -0.391 e. The minimum atomic E-state index is -1.23. The maximum atomic E-state index is 12.7. The molecule has 10 heteroatoms. The molecule has 4 amide bonds. The summed E-state index contributed by atoms with van der Waals surface area (Å²) in [7, 11) is 0. The highest BCUT2D eigenvalue weighted by atomic mass is 16.5. The number of aliphatic hydroxyl groups is 1. The van der Waals surface area contributed by atoms with Gasteiger partial charge in [0, 0.05) is 31.0 Å². The Kier molecular flexibility index (Phi) is 10.3. The highest BCUT2D eigenvalue weighted by molar-refractivity contribution is 5.98. The van der Waals surface area contributed by atoms with E-state index in [1.54, 1.807) is 36.7 Å². The zero-order valence-electron chi connectivity index (χ0n) is 21.4. The molecule has 0 aliphatic carbocycles. The van der Waals surface area contributed by atoms with Gasteiger partial charge in [0.05, 0.1) is 12.6 Å². The molecule has 0 saturated carbocycles. The fourth-order valence-corrected chi connectivity index (χ4v) is 3.64. The Balaban J connectivity index is 1.48. The number of rotatable bonds is 11. The van der Waals surface area contributed by atoms with Crippen LogP contribution in [0.4, 0.5) is 4.79 Å². The zero-order chi connectivity index (χ0) is 27.5. The van der Waals surface area contributed by atoms with Crippen molar-refractivity contribution < 1.29 is 24.7 Å². The van der Waals surface area contributed by atoms with E-state index in [4.69, 9.17) is 0 Å². The van der Waals surface area contributed by atoms with Crippen LogP contribution in [0, 0.1) is 0 Å². The molecule has 0 saturated heterocycles. The van der Waals surface area contributed by atoms with Gasteiger partial charge in [0.2, 0.25) is 5.91 Å². The van der Waals surface area contributed by atoms with Crippen LogP contribution < -0.4 is 16.0 Å². The predicted molar refractivity (Wildman–Crippen MR) is 142 cm³/mol. The molecule has 5 N–H and O–H groups in total. The van der Waals surface area contributed by atoms with Crippen molar-refractivity contribution in [3.05, 3.63) is 89.7 Å². The van der Waals surface area contributed by atoms with Crippen LogP contribution >= 0.6 is 0 Å². The van der Waals surface area contributed by atoms with Crippen LogP contribution in [-0.2, 0) is 17.8 Å². The van der Waals surface area contributed by atoms with Gasteiger partial charge in [-0.1, -0.05) is 49.4 Å². The Labute approximate surface area is 221 Å². The number of carbonyl (C=O) groups excluding carboxylic acids is 3. The molecule has 0 radical (unpaired) electrons. The van der Waals surface area contributed by atoms with Gasteiger partial charge < -0.3 is 21.1 Å². The first-order valence-electron chi connectivity index (χ1n) is 12.4. The fourth-order valence-electron chi connectivity index (χ4n) is 3.64. The third-order valence-corrected chi connectivity index (χ3v) is 5.92. The number of aryl methyl sites for hydroxylation is 1. The molecule has 200 valence electrons. The largest absolute Gasteiger partial charge is 0.391 e. The third kappa shape index (κ3) is 8.12. The molecule has 3 aromatic rings. The number of amides is 4. The van der Waals surface area contributed by atoms with E-state index in [2.05, 4.69) is 40.0 Å². The molecule has 0 spiro atoms. The topological polar surface area (TPSA) is 144 Å². The number of urea groups is 1. The van der Waals surface area contributed by atoms with E-state index in [-0.39, 0.29) is 19.6 Å². The van der Waals surface area contributed by atoms with E-state index in [1.165, 1.54) is 12.5 Å². The molecule has 1 aromatic heterocycles. The van der Waals surface area contributed by atoms with Crippen molar-refractivity contribution in [2.24, 2.45) is 0 Å². The Morgan fingerprint density at radius 1 is 0.947 bits per heavy atom. The molecule has 0 fully saturated rings. The van der Waals surface area contributed by atoms with Gasteiger partial charge in [0.1, 0.15) is 6.04 Å². The summed E-state index contributed by atoms with van der Waals surface area (Å²) in [4.78, 5) is 41.3. The average molecular weight is 520 g/mol. The van der Waals surface area contributed by atoms with E-state index in [9.17, 15) is 24.7 Å². The van der Waals surface area contributed by atoms with Gasteiger partial charge in [-0.05, 0) is 53.8 Å². The molecule has 1 heterocycles. The Morgan fingerprint density at radius 3 is 2.18 bits per heavy atom. The van der Waals surface area contributed by atoms with E-state index in [1.807, 2.05) is 24.3 Å². The molecular weight excluding hydrogens is 486 g/mol. The van der Waals surface area contributed by atoms with Crippen molar-refractivity contribution in [1.29, 1.82) is 0 Å². The van der Waals surface area contributed by atoms with Crippen LogP contribution in [0.25, 0.3) is 11.1 Å². The van der Waals surface area contributed by atoms with Crippen LogP contribution in [-0.4, -0.2) is 63.4 Å².